The summed E-state index contributed by atoms with van der Waals surface area (Å²) in [7, 11) is -2.25. The third-order valence-electron chi connectivity index (χ3n) is 6.80. The average Bonchev–Trinajstić information content (AvgIpc) is 3.18. The molecule has 194 valence electrons. The first kappa shape index (κ1) is 26.1. The van der Waals surface area contributed by atoms with Crippen molar-refractivity contribution < 1.29 is 17.6 Å². The Labute approximate surface area is 211 Å². The van der Waals surface area contributed by atoms with E-state index in [0.29, 0.717) is 31.4 Å². The number of aryl methyl sites for hydroxylation is 1. The summed E-state index contributed by atoms with van der Waals surface area (Å²) in [6.07, 6.45) is 2.09. The molecule has 1 N–H and O–H groups in total. The van der Waals surface area contributed by atoms with Crippen LogP contribution in [0.25, 0.3) is 11.1 Å². The molecule has 1 fully saturated rings. The van der Waals surface area contributed by atoms with E-state index in [1.165, 1.54) is 26.6 Å². The van der Waals surface area contributed by atoms with Crippen LogP contribution < -0.4 is 11.1 Å². The minimum Gasteiger partial charge on any atom is -0.408 e. The molecule has 9 nitrogen and oxygen atoms in total. The van der Waals surface area contributed by atoms with E-state index in [2.05, 4.69) is 29.3 Å². The Balaban J connectivity index is 1.30. The molecule has 1 aliphatic rings. The zero-order valence-electron chi connectivity index (χ0n) is 20.9. The lowest BCUT2D eigenvalue weighted by atomic mass is 9.99. The van der Waals surface area contributed by atoms with Crippen molar-refractivity contribution in [1.82, 2.24) is 19.1 Å². The maximum atomic E-state index is 13.3. The number of hydrogen-bond acceptors (Lipinski definition) is 6. The van der Waals surface area contributed by atoms with Gasteiger partial charge in [-0.15, -0.1) is 0 Å². The van der Waals surface area contributed by atoms with Gasteiger partial charge >= 0.3 is 5.76 Å². The second-order valence-electron chi connectivity index (χ2n) is 9.26. The van der Waals surface area contributed by atoms with Gasteiger partial charge in [-0.25, -0.2) is 13.2 Å². The molecule has 1 atom stereocenters. The molecule has 4 rings (SSSR count). The zero-order chi connectivity index (χ0) is 25.7. The third-order valence-corrected chi connectivity index (χ3v) is 8.66. The molecule has 0 bridgehead atoms. The first-order chi connectivity index (χ1) is 17.3. The Bertz CT molecular complexity index is 1350. The number of aromatic nitrogens is 1. The maximum absolute atomic E-state index is 13.3. The Morgan fingerprint density at radius 3 is 2.72 bits per heavy atom. The number of fused-ring (bicyclic) bond motifs is 1. The normalized spacial score (nSPS) is 17.0. The molecule has 1 saturated heterocycles. The topological polar surface area (TPSA) is 105 Å². The summed E-state index contributed by atoms with van der Waals surface area (Å²) in [4.78, 5) is 27.0. The van der Waals surface area contributed by atoms with Crippen LogP contribution in [0.4, 0.5) is 0 Å². The third kappa shape index (κ3) is 5.88. The molecule has 2 aromatic carbocycles. The highest BCUT2D eigenvalue weighted by Crippen LogP contribution is 2.26. The van der Waals surface area contributed by atoms with Crippen LogP contribution in [0.3, 0.4) is 0 Å². The van der Waals surface area contributed by atoms with Gasteiger partial charge in [-0.3, -0.25) is 14.3 Å². The standard InChI is InChI=1S/C26H34N4O5S/c1-3-29(18-20-9-5-4-6-10-20)15-8-14-27-25(31)21-11-7-16-30(19-21)36(33,34)22-12-13-23-24(17-22)35-26(32)28(23)2/h4-6,9-10,12-13,17,21H,3,7-8,11,14-16,18-19H2,1-2H3,(H,27,31)/t21-/m0/s1. The fourth-order valence-electron chi connectivity index (χ4n) is 4.65. The van der Waals surface area contributed by atoms with Crippen LogP contribution in [-0.2, 0) is 28.4 Å². The quantitative estimate of drug-likeness (QED) is 0.417. The SMILES string of the molecule is CCN(CCCNC(=O)[C@H]1CCCN(S(=O)(=O)c2ccc3c(c2)oc(=O)n3C)C1)Cc1ccccc1. The van der Waals surface area contributed by atoms with Crippen LogP contribution in [-0.4, -0.2) is 60.8 Å². The van der Waals surface area contributed by atoms with E-state index in [4.69, 9.17) is 4.42 Å². The number of nitrogens with zero attached hydrogens (tertiary/aromatic N) is 3. The first-order valence-corrected chi connectivity index (χ1v) is 13.9. The molecule has 0 radical (unpaired) electrons. The number of hydrogen-bond donors (Lipinski definition) is 1. The van der Waals surface area contributed by atoms with Crippen LogP contribution in [0.15, 0.2) is 62.6 Å². The summed E-state index contributed by atoms with van der Waals surface area (Å²) in [6.45, 7) is 5.84. The predicted octanol–water partition coefficient (Wildman–Crippen LogP) is 2.56. The van der Waals surface area contributed by atoms with Gasteiger partial charge in [-0.2, -0.15) is 4.31 Å². The number of oxazole rings is 1. The molecule has 3 aromatic rings. The molecule has 1 amide bonds. The second-order valence-corrected chi connectivity index (χ2v) is 11.2. The van der Waals surface area contributed by atoms with Gasteiger partial charge < -0.3 is 9.73 Å². The molecule has 0 aliphatic carbocycles. The van der Waals surface area contributed by atoms with Gasteiger partial charge in [-0.05, 0) is 43.5 Å². The van der Waals surface area contributed by atoms with E-state index >= 15 is 0 Å². The number of carbonyl (C=O) groups is 1. The largest absolute Gasteiger partial charge is 0.419 e. The van der Waals surface area contributed by atoms with Gasteiger partial charge in [0, 0.05) is 45.8 Å². The van der Waals surface area contributed by atoms with E-state index in [1.807, 2.05) is 18.2 Å². The highest BCUT2D eigenvalue weighted by Gasteiger charge is 2.33. The van der Waals surface area contributed by atoms with Crippen molar-refractivity contribution in [2.45, 2.75) is 37.6 Å². The smallest absolute Gasteiger partial charge is 0.408 e. The maximum Gasteiger partial charge on any atom is 0.419 e. The van der Waals surface area contributed by atoms with E-state index in [0.717, 1.165) is 26.1 Å². The lowest BCUT2D eigenvalue weighted by Gasteiger charge is -2.31. The lowest BCUT2D eigenvalue weighted by molar-refractivity contribution is -0.126. The molecular weight excluding hydrogens is 480 g/mol. The van der Waals surface area contributed by atoms with E-state index in [-0.39, 0.29) is 22.9 Å². The number of sulfonamides is 1. The molecule has 1 aromatic heterocycles. The van der Waals surface area contributed by atoms with Crippen LogP contribution in [0.5, 0.6) is 0 Å². The number of nitrogens with one attached hydrogen (secondary N) is 1. The molecule has 0 spiro atoms. The van der Waals surface area contributed by atoms with Crippen molar-refractivity contribution in [1.29, 1.82) is 0 Å². The molecule has 2 heterocycles. The summed E-state index contributed by atoms with van der Waals surface area (Å²) in [6, 6.07) is 14.7. The van der Waals surface area contributed by atoms with E-state index in [9.17, 15) is 18.0 Å². The van der Waals surface area contributed by atoms with Gasteiger partial charge in [0.25, 0.3) is 0 Å². The first-order valence-electron chi connectivity index (χ1n) is 12.4. The molecule has 10 heteroatoms. The summed E-state index contributed by atoms with van der Waals surface area (Å²) >= 11 is 0. The lowest BCUT2D eigenvalue weighted by Crippen LogP contribution is -2.45. The number of piperidine rings is 1. The summed E-state index contributed by atoms with van der Waals surface area (Å²) in [5.74, 6) is -1.04. The Morgan fingerprint density at radius 1 is 1.19 bits per heavy atom. The van der Waals surface area contributed by atoms with Crippen molar-refractivity contribution in [3.63, 3.8) is 0 Å². The van der Waals surface area contributed by atoms with Crippen molar-refractivity contribution in [2.24, 2.45) is 13.0 Å². The Morgan fingerprint density at radius 2 is 1.97 bits per heavy atom. The number of carbonyl (C=O) groups excluding carboxylic acids is 1. The van der Waals surface area contributed by atoms with Crippen LogP contribution in [0.2, 0.25) is 0 Å². The number of rotatable bonds is 10. The van der Waals surface area contributed by atoms with Crippen LogP contribution >= 0.6 is 0 Å². The molecule has 36 heavy (non-hydrogen) atoms. The predicted molar refractivity (Wildman–Crippen MR) is 138 cm³/mol. The molecule has 0 unspecified atom stereocenters. The van der Waals surface area contributed by atoms with Crippen molar-refractivity contribution in [3.8, 4) is 0 Å². The van der Waals surface area contributed by atoms with Gasteiger partial charge in [0.15, 0.2) is 5.58 Å². The van der Waals surface area contributed by atoms with E-state index < -0.39 is 21.7 Å². The Kier molecular flexibility index (Phi) is 8.28. The molecule has 1 aliphatic heterocycles. The zero-order valence-corrected chi connectivity index (χ0v) is 21.7. The van der Waals surface area contributed by atoms with Crippen LogP contribution in [0, 0.1) is 5.92 Å². The number of benzene rings is 2. The van der Waals surface area contributed by atoms with Crippen molar-refractivity contribution in [2.75, 3.05) is 32.7 Å². The van der Waals surface area contributed by atoms with Gasteiger partial charge in [0.2, 0.25) is 15.9 Å². The minimum atomic E-state index is -3.82. The van der Waals surface area contributed by atoms with Gasteiger partial charge in [-0.1, -0.05) is 37.3 Å². The summed E-state index contributed by atoms with van der Waals surface area (Å²) in [5, 5.41) is 3.00. The van der Waals surface area contributed by atoms with Gasteiger partial charge in [0.1, 0.15) is 0 Å². The highest BCUT2D eigenvalue weighted by atomic mass is 32.2. The van der Waals surface area contributed by atoms with Crippen molar-refractivity contribution >= 4 is 27.0 Å². The average molecular weight is 515 g/mol. The minimum absolute atomic E-state index is 0.0588. The highest BCUT2D eigenvalue weighted by molar-refractivity contribution is 7.89. The van der Waals surface area contributed by atoms with Crippen LogP contribution in [0.1, 0.15) is 31.7 Å². The monoisotopic (exact) mass is 514 g/mol. The fraction of sp³-hybridized carbons (Fsp3) is 0.462. The van der Waals surface area contributed by atoms with E-state index in [1.54, 1.807) is 13.1 Å². The van der Waals surface area contributed by atoms with Crippen molar-refractivity contribution in [3.05, 3.63) is 64.6 Å². The second kappa shape index (κ2) is 11.4. The number of amides is 1. The Hall–Kier alpha value is -2.95. The molecule has 0 saturated carbocycles. The fourth-order valence-corrected chi connectivity index (χ4v) is 6.19. The van der Waals surface area contributed by atoms with Gasteiger partial charge in [0.05, 0.1) is 16.3 Å². The summed E-state index contributed by atoms with van der Waals surface area (Å²) in [5.41, 5.74) is 2.02. The summed E-state index contributed by atoms with van der Waals surface area (Å²) < 4.78 is 34.4. The molecular formula is C26H34N4O5S.